The third-order valence-electron chi connectivity index (χ3n) is 3.83. The van der Waals surface area contributed by atoms with Gasteiger partial charge in [-0.15, -0.1) is 0 Å². The second kappa shape index (κ2) is 5.90. The average Bonchev–Trinajstić information content (AvgIpc) is 2.55. The first-order valence-electron chi connectivity index (χ1n) is 7.02. The molecular weight excluding hydrogens is 264 g/mol. The van der Waals surface area contributed by atoms with Crippen LogP contribution in [0.1, 0.15) is 10.4 Å². The summed E-state index contributed by atoms with van der Waals surface area (Å²) in [6, 6.07) is 11.6. The van der Waals surface area contributed by atoms with E-state index in [9.17, 15) is 4.79 Å². The molecule has 5 heteroatoms. The summed E-state index contributed by atoms with van der Waals surface area (Å²) in [5.74, 6) is 0.0465. The summed E-state index contributed by atoms with van der Waals surface area (Å²) in [4.78, 5) is 20.9. The maximum Gasteiger partial charge on any atom is 0.254 e. The Morgan fingerprint density at radius 1 is 1.19 bits per heavy atom. The molecule has 0 saturated carbocycles. The number of carbonyl (C=O) groups excluding carboxylic acids is 1. The molecule has 2 aromatic rings. The molecule has 0 spiro atoms. The van der Waals surface area contributed by atoms with Crippen molar-refractivity contribution in [2.45, 2.75) is 0 Å². The number of benzene rings is 1. The van der Waals surface area contributed by atoms with Gasteiger partial charge in [0.25, 0.3) is 5.91 Å². The minimum absolute atomic E-state index is 0.0465. The number of carbonyl (C=O) groups is 1. The van der Waals surface area contributed by atoms with E-state index < -0.39 is 0 Å². The summed E-state index contributed by atoms with van der Waals surface area (Å²) in [6.07, 6.45) is 1.68. The van der Waals surface area contributed by atoms with Crippen LogP contribution in [0.2, 0.25) is 0 Å². The normalized spacial score (nSPS) is 15.9. The van der Waals surface area contributed by atoms with Crippen molar-refractivity contribution < 1.29 is 4.79 Å². The Morgan fingerprint density at radius 3 is 2.71 bits per heavy atom. The number of piperazine rings is 1. The minimum atomic E-state index is 0.0465. The Morgan fingerprint density at radius 2 is 1.95 bits per heavy atom. The summed E-state index contributed by atoms with van der Waals surface area (Å²) < 4.78 is 0. The van der Waals surface area contributed by atoms with Crippen molar-refractivity contribution in [3.8, 4) is 6.07 Å². The Bertz CT molecular complexity index is 693. The summed E-state index contributed by atoms with van der Waals surface area (Å²) in [5, 5.41) is 9.60. The van der Waals surface area contributed by atoms with E-state index in [2.05, 4.69) is 16.0 Å². The molecule has 1 aliphatic heterocycles. The summed E-state index contributed by atoms with van der Waals surface area (Å²) in [5.41, 5.74) is 1.54. The number of nitrogens with zero attached hydrogens (tertiary/aromatic N) is 4. The Balaban J connectivity index is 1.81. The maximum atomic E-state index is 12.7. The van der Waals surface area contributed by atoms with Crippen molar-refractivity contribution in [1.82, 2.24) is 14.8 Å². The molecule has 1 fully saturated rings. The number of rotatable bonds is 2. The lowest BCUT2D eigenvalue weighted by Crippen LogP contribution is -2.48. The van der Waals surface area contributed by atoms with Gasteiger partial charge in [-0.1, -0.05) is 18.2 Å². The van der Waals surface area contributed by atoms with Gasteiger partial charge in [-0.2, -0.15) is 5.26 Å². The second-order valence-corrected chi connectivity index (χ2v) is 5.10. The fourth-order valence-electron chi connectivity index (χ4n) is 2.66. The van der Waals surface area contributed by atoms with Gasteiger partial charge in [-0.25, -0.2) is 0 Å². The number of fused-ring (bicyclic) bond motifs is 1. The largest absolute Gasteiger partial charge is 0.336 e. The van der Waals surface area contributed by atoms with Crippen molar-refractivity contribution in [2.24, 2.45) is 0 Å². The summed E-state index contributed by atoms with van der Waals surface area (Å²) >= 11 is 0. The predicted octanol–water partition coefficient (Wildman–Crippen LogP) is 1.52. The molecule has 3 rings (SSSR count). The van der Waals surface area contributed by atoms with Crippen LogP contribution < -0.4 is 0 Å². The molecule has 0 atom stereocenters. The van der Waals surface area contributed by atoms with Gasteiger partial charge in [0.15, 0.2) is 0 Å². The van der Waals surface area contributed by atoms with Crippen LogP contribution in [-0.2, 0) is 0 Å². The highest BCUT2D eigenvalue weighted by Gasteiger charge is 2.23. The molecule has 106 valence electrons. The standard InChI is InChI=1S/C16H16N4O/c17-6-8-19-9-11-20(12-10-19)16(21)14-5-7-18-15-4-2-1-3-13(14)15/h1-5,7H,8-12H2. The number of hydrogen-bond acceptors (Lipinski definition) is 4. The number of hydrogen-bond donors (Lipinski definition) is 0. The van der Waals surface area contributed by atoms with E-state index in [0.717, 1.165) is 24.0 Å². The SMILES string of the molecule is N#CCN1CCN(C(=O)c2ccnc3ccccc23)CC1. The first kappa shape index (κ1) is 13.5. The fourth-order valence-corrected chi connectivity index (χ4v) is 2.66. The maximum absolute atomic E-state index is 12.7. The van der Waals surface area contributed by atoms with Crippen molar-refractivity contribution in [3.05, 3.63) is 42.1 Å². The van der Waals surface area contributed by atoms with Crippen LogP contribution in [0.15, 0.2) is 36.5 Å². The van der Waals surface area contributed by atoms with Crippen LogP contribution in [0.4, 0.5) is 0 Å². The molecule has 0 aliphatic carbocycles. The van der Waals surface area contributed by atoms with E-state index in [0.29, 0.717) is 25.2 Å². The van der Waals surface area contributed by atoms with E-state index in [-0.39, 0.29) is 5.91 Å². The van der Waals surface area contributed by atoms with Gasteiger partial charge in [-0.3, -0.25) is 14.7 Å². The molecule has 0 radical (unpaired) electrons. The highest BCUT2D eigenvalue weighted by atomic mass is 16.2. The number of para-hydroxylation sites is 1. The number of nitriles is 1. The molecule has 0 bridgehead atoms. The topological polar surface area (TPSA) is 60.2 Å². The zero-order valence-electron chi connectivity index (χ0n) is 11.7. The monoisotopic (exact) mass is 280 g/mol. The zero-order valence-corrected chi connectivity index (χ0v) is 11.7. The smallest absolute Gasteiger partial charge is 0.254 e. The van der Waals surface area contributed by atoms with Crippen LogP contribution in [0.3, 0.4) is 0 Å². The van der Waals surface area contributed by atoms with Crippen molar-refractivity contribution in [2.75, 3.05) is 32.7 Å². The molecule has 2 heterocycles. The van der Waals surface area contributed by atoms with Crippen LogP contribution in [0, 0.1) is 11.3 Å². The first-order valence-corrected chi connectivity index (χ1v) is 7.02. The number of aromatic nitrogens is 1. The predicted molar refractivity (Wildman–Crippen MR) is 79.7 cm³/mol. The molecule has 5 nitrogen and oxygen atoms in total. The van der Waals surface area contributed by atoms with Gasteiger partial charge < -0.3 is 4.90 Å². The van der Waals surface area contributed by atoms with Crippen LogP contribution in [-0.4, -0.2) is 53.4 Å². The van der Waals surface area contributed by atoms with Gasteiger partial charge >= 0.3 is 0 Å². The molecule has 1 saturated heterocycles. The third kappa shape index (κ3) is 2.71. The van der Waals surface area contributed by atoms with Crippen molar-refractivity contribution in [3.63, 3.8) is 0 Å². The van der Waals surface area contributed by atoms with E-state index in [1.807, 2.05) is 29.2 Å². The zero-order chi connectivity index (χ0) is 14.7. The number of pyridine rings is 1. The Kier molecular flexibility index (Phi) is 3.80. The van der Waals surface area contributed by atoms with Crippen LogP contribution in [0.25, 0.3) is 10.9 Å². The lowest BCUT2D eigenvalue weighted by molar-refractivity contribution is 0.0653. The molecule has 1 amide bonds. The summed E-state index contributed by atoms with van der Waals surface area (Å²) in [7, 11) is 0. The minimum Gasteiger partial charge on any atom is -0.336 e. The fraction of sp³-hybridized carbons (Fsp3) is 0.312. The van der Waals surface area contributed by atoms with Gasteiger partial charge in [-0.05, 0) is 12.1 Å². The lowest BCUT2D eigenvalue weighted by atomic mass is 10.1. The van der Waals surface area contributed by atoms with Gasteiger partial charge in [0.05, 0.1) is 23.7 Å². The van der Waals surface area contributed by atoms with E-state index in [1.54, 1.807) is 12.3 Å². The van der Waals surface area contributed by atoms with Crippen LogP contribution >= 0.6 is 0 Å². The molecular formula is C16H16N4O. The van der Waals surface area contributed by atoms with Crippen molar-refractivity contribution in [1.29, 1.82) is 5.26 Å². The molecule has 0 unspecified atom stereocenters. The quantitative estimate of drug-likeness (QED) is 0.782. The third-order valence-corrected chi connectivity index (χ3v) is 3.83. The summed E-state index contributed by atoms with van der Waals surface area (Å²) in [6.45, 7) is 3.26. The highest BCUT2D eigenvalue weighted by molar-refractivity contribution is 6.05. The van der Waals surface area contributed by atoms with Gasteiger partial charge in [0.1, 0.15) is 0 Å². The van der Waals surface area contributed by atoms with Crippen LogP contribution in [0.5, 0.6) is 0 Å². The molecule has 1 aliphatic rings. The van der Waals surface area contributed by atoms with E-state index in [4.69, 9.17) is 5.26 Å². The second-order valence-electron chi connectivity index (χ2n) is 5.10. The Hall–Kier alpha value is -2.45. The molecule has 0 N–H and O–H groups in total. The number of amides is 1. The van der Waals surface area contributed by atoms with Crippen molar-refractivity contribution >= 4 is 16.8 Å². The van der Waals surface area contributed by atoms with Gasteiger partial charge in [0, 0.05) is 37.8 Å². The first-order chi connectivity index (χ1) is 10.3. The lowest BCUT2D eigenvalue weighted by Gasteiger charge is -2.33. The highest BCUT2D eigenvalue weighted by Crippen LogP contribution is 2.18. The molecule has 21 heavy (non-hydrogen) atoms. The molecule has 1 aromatic heterocycles. The van der Waals surface area contributed by atoms with Gasteiger partial charge in [0.2, 0.25) is 0 Å². The van der Waals surface area contributed by atoms with E-state index >= 15 is 0 Å². The average molecular weight is 280 g/mol. The Labute approximate surface area is 123 Å². The van der Waals surface area contributed by atoms with E-state index in [1.165, 1.54) is 0 Å². The molecule has 1 aromatic carbocycles.